The van der Waals surface area contributed by atoms with Crippen molar-refractivity contribution in [2.45, 2.75) is 37.1 Å². The molecule has 0 bridgehead atoms. The zero-order valence-electron chi connectivity index (χ0n) is 18.4. The van der Waals surface area contributed by atoms with Gasteiger partial charge >= 0.3 is 0 Å². The fourth-order valence-electron chi connectivity index (χ4n) is 5.32. The molecule has 1 saturated carbocycles. The van der Waals surface area contributed by atoms with E-state index in [1.165, 1.54) is 35.2 Å². The summed E-state index contributed by atoms with van der Waals surface area (Å²) in [5.41, 5.74) is 1.52. The van der Waals surface area contributed by atoms with Gasteiger partial charge in [0.05, 0.1) is 11.5 Å². The molecular formula is C27H23ClF2N2O2. The molecule has 5 rings (SSSR count). The predicted molar refractivity (Wildman–Crippen MR) is 127 cm³/mol. The third-order valence-electron chi connectivity index (χ3n) is 6.92. The number of hydrogen-bond acceptors (Lipinski definition) is 2. The van der Waals surface area contributed by atoms with E-state index >= 15 is 0 Å². The number of anilines is 1. The Kier molecular flexibility index (Phi) is 5.86. The van der Waals surface area contributed by atoms with Crippen molar-refractivity contribution >= 4 is 29.1 Å². The Hall–Kier alpha value is -3.25. The van der Waals surface area contributed by atoms with E-state index in [0.29, 0.717) is 34.7 Å². The second kappa shape index (κ2) is 8.84. The van der Waals surface area contributed by atoms with Gasteiger partial charge in [0.15, 0.2) is 0 Å². The van der Waals surface area contributed by atoms with Crippen molar-refractivity contribution in [3.63, 3.8) is 0 Å². The van der Waals surface area contributed by atoms with Gasteiger partial charge in [-0.25, -0.2) is 8.78 Å². The summed E-state index contributed by atoms with van der Waals surface area (Å²) in [7, 11) is 0. The van der Waals surface area contributed by atoms with Gasteiger partial charge in [-0.3, -0.25) is 9.59 Å². The van der Waals surface area contributed by atoms with Gasteiger partial charge in [0.1, 0.15) is 18.2 Å². The molecule has 0 aromatic heterocycles. The van der Waals surface area contributed by atoms with Crippen LogP contribution in [-0.4, -0.2) is 23.3 Å². The maximum Gasteiger partial charge on any atom is 0.244 e. The van der Waals surface area contributed by atoms with Crippen molar-refractivity contribution in [2.75, 3.05) is 11.9 Å². The van der Waals surface area contributed by atoms with E-state index in [9.17, 15) is 18.4 Å². The summed E-state index contributed by atoms with van der Waals surface area (Å²) >= 11 is 6.11. The zero-order chi connectivity index (χ0) is 23.9. The van der Waals surface area contributed by atoms with Gasteiger partial charge in [0.25, 0.3) is 0 Å². The highest BCUT2D eigenvalue weighted by molar-refractivity contribution is 6.30. The zero-order valence-corrected chi connectivity index (χ0v) is 19.1. The molecule has 0 spiro atoms. The van der Waals surface area contributed by atoms with Gasteiger partial charge < -0.3 is 10.2 Å². The fraction of sp³-hybridized carbons (Fsp3) is 0.259. The van der Waals surface area contributed by atoms with Crippen LogP contribution >= 0.6 is 11.6 Å². The molecule has 1 heterocycles. The standard InChI is InChI=1S/C27H23ClF2N2O2/c28-19-7-5-18(6-8-19)27(13-1-2-14-27)26(34)32-16-24(33)31-23-12-11-21(30)15-22(23)25(32)17-3-9-20(29)10-4-17/h3-12,15,25H,1-2,13-14,16H2,(H,31,33). The number of benzene rings is 3. The second-order valence-corrected chi connectivity index (χ2v) is 9.40. The van der Waals surface area contributed by atoms with Crippen molar-refractivity contribution in [1.82, 2.24) is 4.90 Å². The molecule has 174 valence electrons. The first-order chi connectivity index (χ1) is 16.4. The lowest BCUT2D eigenvalue weighted by molar-refractivity contribution is -0.141. The first-order valence-corrected chi connectivity index (χ1v) is 11.7. The second-order valence-electron chi connectivity index (χ2n) is 8.96. The van der Waals surface area contributed by atoms with Crippen molar-refractivity contribution in [2.24, 2.45) is 0 Å². The molecule has 7 heteroatoms. The largest absolute Gasteiger partial charge is 0.324 e. The van der Waals surface area contributed by atoms with Crippen LogP contribution in [0.5, 0.6) is 0 Å². The average molecular weight is 481 g/mol. The number of carbonyl (C=O) groups is 2. The molecule has 0 radical (unpaired) electrons. The van der Waals surface area contributed by atoms with E-state index in [4.69, 9.17) is 11.6 Å². The average Bonchev–Trinajstić information content (AvgIpc) is 3.27. The van der Waals surface area contributed by atoms with Crippen LogP contribution in [0.3, 0.4) is 0 Å². The van der Waals surface area contributed by atoms with E-state index in [0.717, 1.165) is 18.4 Å². The Morgan fingerprint density at radius 3 is 2.26 bits per heavy atom. The predicted octanol–water partition coefficient (Wildman–Crippen LogP) is 6.00. The minimum atomic E-state index is -0.818. The molecule has 3 aromatic carbocycles. The molecule has 1 aliphatic heterocycles. The summed E-state index contributed by atoms with van der Waals surface area (Å²) in [5.74, 6) is -1.47. The smallest absolute Gasteiger partial charge is 0.244 e. The quantitative estimate of drug-likeness (QED) is 0.500. The van der Waals surface area contributed by atoms with Gasteiger partial charge in [0, 0.05) is 16.3 Å². The molecule has 1 N–H and O–H groups in total. The molecule has 4 nitrogen and oxygen atoms in total. The maximum absolute atomic E-state index is 14.4. The molecule has 1 fully saturated rings. The fourth-order valence-corrected chi connectivity index (χ4v) is 5.45. The lowest BCUT2D eigenvalue weighted by atomic mass is 9.76. The number of rotatable bonds is 3. The lowest BCUT2D eigenvalue weighted by Crippen LogP contribution is -2.49. The van der Waals surface area contributed by atoms with Gasteiger partial charge in [0.2, 0.25) is 11.8 Å². The topological polar surface area (TPSA) is 49.4 Å². The molecule has 2 aliphatic rings. The summed E-state index contributed by atoms with van der Waals surface area (Å²) in [6.45, 7) is -0.202. The van der Waals surface area contributed by atoms with Crippen LogP contribution in [0.1, 0.15) is 48.4 Å². The van der Waals surface area contributed by atoms with E-state index in [2.05, 4.69) is 5.32 Å². The Labute approximate surface area is 201 Å². The first kappa shape index (κ1) is 22.5. The van der Waals surface area contributed by atoms with Crippen molar-refractivity contribution in [1.29, 1.82) is 0 Å². The highest BCUT2D eigenvalue weighted by Crippen LogP contribution is 2.46. The number of fused-ring (bicyclic) bond motifs is 1. The minimum absolute atomic E-state index is 0.200. The number of amides is 2. The Morgan fingerprint density at radius 1 is 0.941 bits per heavy atom. The van der Waals surface area contributed by atoms with Gasteiger partial charge in [-0.05, 0) is 66.4 Å². The molecule has 1 aliphatic carbocycles. The Bertz CT molecular complexity index is 1240. The Morgan fingerprint density at radius 2 is 1.59 bits per heavy atom. The van der Waals surface area contributed by atoms with Crippen LogP contribution in [0.4, 0.5) is 14.5 Å². The highest BCUT2D eigenvalue weighted by Gasteiger charge is 2.48. The van der Waals surface area contributed by atoms with Gasteiger partial charge in [-0.1, -0.05) is 48.7 Å². The minimum Gasteiger partial charge on any atom is -0.324 e. The van der Waals surface area contributed by atoms with Crippen LogP contribution in [0.15, 0.2) is 66.7 Å². The summed E-state index contributed by atoms with van der Waals surface area (Å²) in [6.07, 6.45) is 3.02. The number of nitrogens with zero attached hydrogens (tertiary/aromatic N) is 1. The van der Waals surface area contributed by atoms with Crippen molar-refractivity contribution in [3.8, 4) is 0 Å². The third kappa shape index (κ3) is 3.96. The molecule has 1 unspecified atom stereocenters. The normalized spacial score (nSPS) is 19.3. The van der Waals surface area contributed by atoms with Gasteiger partial charge in [-0.2, -0.15) is 0 Å². The molecule has 2 amide bonds. The third-order valence-corrected chi connectivity index (χ3v) is 7.17. The molecule has 0 saturated heterocycles. The van der Waals surface area contributed by atoms with Crippen LogP contribution < -0.4 is 5.32 Å². The molecule has 34 heavy (non-hydrogen) atoms. The Balaban J connectivity index is 1.68. The van der Waals surface area contributed by atoms with E-state index in [-0.39, 0.29) is 18.4 Å². The highest BCUT2D eigenvalue weighted by atomic mass is 35.5. The van der Waals surface area contributed by atoms with Crippen LogP contribution in [0, 0.1) is 11.6 Å². The van der Waals surface area contributed by atoms with Gasteiger partial charge in [-0.15, -0.1) is 0 Å². The van der Waals surface area contributed by atoms with E-state index < -0.39 is 23.1 Å². The number of carbonyl (C=O) groups excluding carboxylic acids is 2. The van der Waals surface area contributed by atoms with Crippen LogP contribution in [0.25, 0.3) is 0 Å². The van der Waals surface area contributed by atoms with E-state index in [1.807, 2.05) is 12.1 Å². The number of nitrogens with one attached hydrogen (secondary N) is 1. The number of hydrogen-bond donors (Lipinski definition) is 1. The molecule has 3 aromatic rings. The summed E-state index contributed by atoms with van der Waals surface area (Å²) in [4.78, 5) is 28.8. The first-order valence-electron chi connectivity index (χ1n) is 11.3. The van der Waals surface area contributed by atoms with Crippen molar-refractivity contribution in [3.05, 3.63) is 100 Å². The summed E-state index contributed by atoms with van der Waals surface area (Å²) in [6, 6.07) is 16.4. The maximum atomic E-state index is 14.4. The SMILES string of the molecule is O=C1CN(C(=O)C2(c3ccc(Cl)cc3)CCCC2)C(c2ccc(F)cc2)c2cc(F)ccc2N1. The van der Waals surface area contributed by atoms with Crippen molar-refractivity contribution < 1.29 is 18.4 Å². The number of halogens is 3. The summed E-state index contributed by atoms with van der Waals surface area (Å²) < 4.78 is 28.2. The molecule has 1 atom stereocenters. The lowest BCUT2D eigenvalue weighted by Gasteiger charge is -2.38. The summed E-state index contributed by atoms with van der Waals surface area (Å²) in [5, 5.41) is 3.38. The monoisotopic (exact) mass is 480 g/mol. The van der Waals surface area contributed by atoms with Crippen LogP contribution in [0.2, 0.25) is 5.02 Å². The van der Waals surface area contributed by atoms with E-state index in [1.54, 1.807) is 24.3 Å². The van der Waals surface area contributed by atoms with Crippen LogP contribution in [-0.2, 0) is 15.0 Å². The molecular weight excluding hydrogens is 458 g/mol.